The van der Waals surface area contributed by atoms with Crippen molar-refractivity contribution in [3.63, 3.8) is 0 Å². The first-order valence-corrected chi connectivity index (χ1v) is 11.0. The number of nitrogens with two attached hydrogens (primary N) is 2. The van der Waals surface area contributed by atoms with E-state index >= 15 is 0 Å². The molecule has 0 spiro atoms. The number of rotatable bonds is 2. The van der Waals surface area contributed by atoms with Crippen molar-refractivity contribution in [1.82, 2.24) is 0 Å². The molecular formula is C25H30N2O6. The van der Waals surface area contributed by atoms with Crippen molar-refractivity contribution >= 4 is 17.3 Å². The van der Waals surface area contributed by atoms with Gasteiger partial charge in [-0.1, -0.05) is 27.4 Å². The Labute approximate surface area is 191 Å². The first kappa shape index (κ1) is 23.1. The monoisotopic (exact) mass is 454 g/mol. The Balaban J connectivity index is 1.98. The number of phenolic OH excluding ortho intramolecular Hbond substituents is 1. The summed E-state index contributed by atoms with van der Waals surface area (Å²) in [6.45, 7) is 10.2. The van der Waals surface area contributed by atoms with Crippen molar-refractivity contribution in [3.8, 4) is 5.75 Å². The zero-order chi connectivity index (χ0) is 24.6. The van der Waals surface area contributed by atoms with Crippen LogP contribution in [0, 0.1) is 11.8 Å². The summed E-state index contributed by atoms with van der Waals surface area (Å²) in [5, 5.41) is 44.6. The lowest BCUT2D eigenvalue weighted by molar-refractivity contribution is -0.128. The summed E-state index contributed by atoms with van der Waals surface area (Å²) in [7, 11) is 0. The number of aliphatic hydroxyl groups excluding tert-OH is 2. The van der Waals surface area contributed by atoms with Crippen LogP contribution in [-0.4, -0.2) is 37.7 Å². The number of carbonyl (C=O) groups excluding carboxylic acids is 2. The number of primary amides is 1. The highest BCUT2D eigenvalue weighted by atomic mass is 16.4. The number of Topliss-reactive ketones (excluding diaryl/α,β-unsaturated/α-hetero) is 1. The second-order valence-corrected chi connectivity index (χ2v) is 10.3. The van der Waals surface area contributed by atoms with E-state index in [2.05, 4.69) is 6.58 Å². The number of ketones is 1. The Morgan fingerprint density at radius 2 is 1.85 bits per heavy atom. The smallest absolute Gasteiger partial charge is 0.255 e. The molecule has 176 valence electrons. The van der Waals surface area contributed by atoms with E-state index in [0.29, 0.717) is 23.1 Å². The molecule has 0 aromatic heterocycles. The number of hydrogen-bond acceptors (Lipinski definition) is 7. The lowest BCUT2D eigenvalue weighted by Crippen LogP contribution is -2.53. The number of aromatic hydroxyl groups is 1. The molecule has 3 aliphatic carbocycles. The van der Waals surface area contributed by atoms with Crippen LogP contribution < -0.4 is 11.5 Å². The molecule has 0 aliphatic heterocycles. The third-order valence-electron chi connectivity index (χ3n) is 7.34. The zero-order valence-electron chi connectivity index (χ0n) is 19.0. The maximum absolute atomic E-state index is 12.5. The van der Waals surface area contributed by atoms with E-state index in [-0.39, 0.29) is 36.6 Å². The topological polar surface area (TPSA) is 167 Å². The Bertz CT molecular complexity index is 1190. The Morgan fingerprint density at radius 1 is 1.21 bits per heavy atom. The van der Waals surface area contributed by atoms with Crippen molar-refractivity contribution in [3.05, 3.63) is 57.6 Å². The second-order valence-electron chi connectivity index (χ2n) is 10.3. The molecule has 0 bridgehead atoms. The summed E-state index contributed by atoms with van der Waals surface area (Å²) < 4.78 is 0. The van der Waals surface area contributed by atoms with Crippen molar-refractivity contribution in [2.75, 3.05) is 0 Å². The number of amides is 1. The first-order chi connectivity index (χ1) is 15.2. The zero-order valence-corrected chi connectivity index (χ0v) is 19.0. The number of hydrogen-bond donors (Lipinski definition) is 6. The first-order valence-electron chi connectivity index (χ1n) is 11.0. The van der Waals surface area contributed by atoms with Crippen LogP contribution >= 0.6 is 0 Å². The lowest BCUT2D eigenvalue weighted by Gasteiger charge is -2.47. The van der Waals surface area contributed by atoms with Gasteiger partial charge < -0.3 is 31.9 Å². The fourth-order valence-electron chi connectivity index (χ4n) is 5.70. The minimum Gasteiger partial charge on any atom is -0.508 e. The van der Waals surface area contributed by atoms with Crippen molar-refractivity contribution in [2.45, 2.75) is 57.6 Å². The molecule has 0 radical (unpaired) electrons. The predicted molar refractivity (Wildman–Crippen MR) is 122 cm³/mol. The minimum absolute atomic E-state index is 0.0315. The summed E-state index contributed by atoms with van der Waals surface area (Å²) in [5.41, 5.74) is 11.3. The summed E-state index contributed by atoms with van der Waals surface area (Å²) in [6.07, 6.45) is 0.415. The largest absolute Gasteiger partial charge is 0.508 e. The SMILES string of the molecule is C=C1C2=C(O)[C@]3(O)C(O)=C(C(N)=O)C(=O)C[C@@H]3C[C@@H]2Cc2c(CN)cc(C(C)(C)C)c(O)c21. The highest BCUT2D eigenvalue weighted by Crippen LogP contribution is 2.56. The van der Waals surface area contributed by atoms with Gasteiger partial charge in [-0.2, -0.15) is 0 Å². The predicted octanol–water partition coefficient (Wildman–Crippen LogP) is 2.17. The third-order valence-corrected chi connectivity index (χ3v) is 7.34. The van der Waals surface area contributed by atoms with Gasteiger partial charge in [-0.25, -0.2) is 0 Å². The quantitative estimate of drug-likeness (QED) is 0.372. The van der Waals surface area contributed by atoms with Gasteiger partial charge >= 0.3 is 0 Å². The molecule has 1 amide bonds. The molecular weight excluding hydrogens is 424 g/mol. The number of carbonyl (C=O) groups is 2. The van der Waals surface area contributed by atoms with Crippen molar-refractivity contribution in [2.24, 2.45) is 23.3 Å². The second kappa shape index (κ2) is 7.20. The van der Waals surface area contributed by atoms with Gasteiger partial charge in [0.05, 0.1) is 0 Å². The van der Waals surface area contributed by atoms with E-state index in [9.17, 15) is 30.0 Å². The van der Waals surface area contributed by atoms with Crippen LogP contribution in [0.3, 0.4) is 0 Å². The van der Waals surface area contributed by atoms with E-state index in [1.54, 1.807) is 0 Å². The maximum atomic E-state index is 12.5. The van der Waals surface area contributed by atoms with Crippen molar-refractivity contribution in [1.29, 1.82) is 0 Å². The molecule has 1 aromatic carbocycles. The highest BCUT2D eigenvalue weighted by Gasteiger charge is 2.57. The maximum Gasteiger partial charge on any atom is 0.255 e. The molecule has 8 heteroatoms. The van der Waals surface area contributed by atoms with Crippen LogP contribution in [0.5, 0.6) is 5.75 Å². The molecule has 8 N–H and O–H groups in total. The molecule has 3 aliphatic rings. The van der Waals surface area contributed by atoms with E-state index in [0.717, 1.165) is 11.1 Å². The fourth-order valence-corrected chi connectivity index (χ4v) is 5.70. The summed E-state index contributed by atoms with van der Waals surface area (Å²) in [6, 6.07) is 1.90. The van der Waals surface area contributed by atoms with Gasteiger partial charge in [0.25, 0.3) is 5.91 Å². The van der Waals surface area contributed by atoms with Crippen LogP contribution in [0.1, 0.15) is 55.9 Å². The number of benzene rings is 1. The van der Waals surface area contributed by atoms with E-state index < -0.39 is 45.7 Å². The third kappa shape index (κ3) is 3.04. The van der Waals surface area contributed by atoms with Gasteiger partial charge in [-0.05, 0) is 46.9 Å². The van der Waals surface area contributed by atoms with Crippen LogP contribution in [0.15, 0.2) is 35.3 Å². The van der Waals surface area contributed by atoms with E-state index in [1.165, 1.54) is 0 Å². The Hall–Kier alpha value is -3.10. The molecule has 0 fully saturated rings. The van der Waals surface area contributed by atoms with Crippen LogP contribution in [0.2, 0.25) is 0 Å². The molecule has 0 unspecified atom stereocenters. The van der Waals surface area contributed by atoms with Gasteiger partial charge in [-0.3, -0.25) is 9.59 Å². The molecule has 4 rings (SSSR count). The van der Waals surface area contributed by atoms with E-state index in [4.69, 9.17) is 11.5 Å². The number of allylic oxidation sites excluding steroid dienone is 2. The average Bonchev–Trinajstić information content (AvgIpc) is 2.69. The Morgan fingerprint density at radius 3 is 2.39 bits per heavy atom. The van der Waals surface area contributed by atoms with Gasteiger partial charge in [0.1, 0.15) is 22.8 Å². The normalized spacial score (nSPS) is 27.3. The van der Waals surface area contributed by atoms with Crippen molar-refractivity contribution < 1.29 is 30.0 Å². The fraction of sp³-hybridized carbons (Fsp3) is 0.440. The van der Waals surface area contributed by atoms with Gasteiger partial charge in [0.15, 0.2) is 11.4 Å². The van der Waals surface area contributed by atoms with Crippen LogP contribution in [-0.2, 0) is 28.0 Å². The van der Waals surface area contributed by atoms with Gasteiger partial charge in [-0.15, -0.1) is 0 Å². The number of aliphatic hydroxyl groups is 3. The molecule has 0 heterocycles. The Kier molecular flexibility index (Phi) is 5.03. The minimum atomic E-state index is -2.33. The van der Waals surface area contributed by atoms with E-state index in [1.807, 2.05) is 26.8 Å². The summed E-state index contributed by atoms with van der Waals surface area (Å²) in [5.74, 6) is -4.49. The van der Waals surface area contributed by atoms with Gasteiger partial charge in [0.2, 0.25) is 0 Å². The van der Waals surface area contributed by atoms with Crippen LogP contribution in [0.25, 0.3) is 5.57 Å². The number of phenols is 1. The van der Waals surface area contributed by atoms with Crippen LogP contribution in [0.4, 0.5) is 0 Å². The summed E-state index contributed by atoms with van der Waals surface area (Å²) >= 11 is 0. The molecule has 33 heavy (non-hydrogen) atoms. The molecule has 1 aromatic rings. The summed E-state index contributed by atoms with van der Waals surface area (Å²) in [4.78, 5) is 24.2. The standard InChI is InChI=1S/C25H30N2O6/c1-10-17-11(6-14-12(9-26)7-15(24(2,3)4)20(29)18(10)14)5-13-8-16(28)19(23(27)32)22(31)25(13,33)21(17)30/h7,11,13,29-31,33H,1,5-6,8-9,26H2,2-4H3,(H2,27,32)/t11-,13+,25+/m1/s1. The molecule has 0 saturated heterocycles. The molecule has 3 atom stereocenters. The molecule has 0 saturated carbocycles. The average molecular weight is 455 g/mol. The highest BCUT2D eigenvalue weighted by molar-refractivity contribution is 6.20. The lowest BCUT2D eigenvalue weighted by atomic mass is 9.59. The molecule has 8 nitrogen and oxygen atoms in total. The van der Waals surface area contributed by atoms with Gasteiger partial charge in [0, 0.05) is 35.6 Å². The number of fused-ring (bicyclic) bond motifs is 3.